The van der Waals surface area contributed by atoms with Crippen molar-refractivity contribution in [3.8, 4) is 23.0 Å². The summed E-state index contributed by atoms with van der Waals surface area (Å²) in [6, 6.07) is 25.2. The van der Waals surface area contributed by atoms with Gasteiger partial charge in [-0.05, 0) is 117 Å². The minimum Gasteiger partial charge on any atom is -0.457 e. The lowest BCUT2D eigenvalue weighted by molar-refractivity contribution is -0.598. The van der Waals surface area contributed by atoms with E-state index in [2.05, 4.69) is 70.7 Å². The number of hydrogen-bond acceptors (Lipinski definition) is 5. The predicted molar refractivity (Wildman–Crippen MR) is 162 cm³/mol. The molecule has 0 radical (unpaired) electrons. The number of carbonyl (C=O) groups excluding carboxylic acids is 2. The second-order valence-electron chi connectivity index (χ2n) is 11.3. The van der Waals surface area contributed by atoms with Crippen molar-refractivity contribution in [3.63, 3.8) is 0 Å². The van der Waals surface area contributed by atoms with Gasteiger partial charge in [-0.15, -0.1) is 0 Å². The van der Waals surface area contributed by atoms with E-state index in [0.717, 1.165) is 16.9 Å². The van der Waals surface area contributed by atoms with Crippen LogP contribution in [0.1, 0.15) is 60.3 Å². The molecule has 0 unspecified atom stereocenters. The van der Waals surface area contributed by atoms with Crippen LogP contribution in [0.25, 0.3) is 0 Å². The van der Waals surface area contributed by atoms with Crippen LogP contribution in [0.3, 0.4) is 0 Å². The van der Waals surface area contributed by atoms with Gasteiger partial charge in [0.05, 0.1) is 5.56 Å². The molecule has 0 spiro atoms. The number of hydrogen-bond donors (Lipinski definition) is 0. The molecule has 0 atom stereocenters. The van der Waals surface area contributed by atoms with Gasteiger partial charge >= 0.3 is 33.1 Å². The van der Waals surface area contributed by atoms with Crippen LogP contribution in [0.5, 0.6) is 23.0 Å². The molecule has 0 amide bonds. The standard InChI is InChI=1S/C36H36IO5/c1-22(2)34(38)41-29-15-9-26(10-16-29)35(39)42-33-21-24(4)32(20-25(33)5)40-30-17-18-31(23(3)19-30)37-28-13-11-27(12-14-28)36(6,7)8/h9-21H,1H2,2-8H3/q+1. The summed E-state index contributed by atoms with van der Waals surface area (Å²) in [6.07, 6.45) is 0. The fourth-order valence-electron chi connectivity index (χ4n) is 4.04. The minimum atomic E-state index is -0.520. The van der Waals surface area contributed by atoms with E-state index in [4.69, 9.17) is 14.2 Å². The lowest BCUT2D eigenvalue weighted by Gasteiger charge is -2.18. The van der Waals surface area contributed by atoms with Crippen LogP contribution in [0.4, 0.5) is 0 Å². The highest BCUT2D eigenvalue weighted by Crippen LogP contribution is 2.32. The van der Waals surface area contributed by atoms with Crippen LogP contribution in [-0.4, -0.2) is 11.9 Å². The Kier molecular flexibility index (Phi) is 9.57. The van der Waals surface area contributed by atoms with E-state index < -0.39 is 11.9 Å². The maximum Gasteiger partial charge on any atom is 0.358 e. The molecule has 0 saturated heterocycles. The highest BCUT2D eigenvalue weighted by atomic mass is 127. The Morgan fingerprint density at radius 1 is 0.714 bits per heavy atom. The van der Waals surface area contributed by atoms with Gasteiger partial charge in [-0.3, -0.25) is 0 Å². The van der Waals surface area contributed by atoms with Gasteiger partial charge < -0.3 is 14.2 Å². The molecule has 0 aliphatic heterocycles. The number of ether oxygens (including phenoxy) is 3. The molecule has 0 aliphatic rings. The molecule has 0 heterocycles. The van der Waals surface area contributed by atoms with E-state index in [1.807, 2.05) is 26.0 Å². The monoisotopic (exact) mass is 675 g/mol. The third-order valence-corrected chi connectivity index (χ3v) is 9.74. The predicted octanol–water partition coefficient (Wildman–Crippen LogP) is 5.53. The average Bonchev–Trinajstić information content (AvgIpc) is 2.93. The summed E-state index contributed by atoms with van der Waals surface area (Å²) < 4.78 is 19.9. The molecule has 42 heavy (non-hydrogen) atoms. The molecule has 216 valence electrons. The van der Waals surface area contributed by atoms with Gasteiger partial charge in [-0.1, -0.05) is 39.5 Å². The fraction of sp³-hybridized carbons (Fsp3) is 0.222. The van der Waals surface area contributed by atoms with Crippen molar-refractivity contribution in [2.75, 3.05) is 0 Å². The number of rotatable bonds is 8. The average molecular weight is 676 g/mol. The van der Waals surface area contributed by atoms with Gasteiger partial charge in [-0.25, -0.2) is 9.59 Å². The molecule has 0 N–H and O–H groups in total. The quantitative estimate of drug-likeness (QED) is 0.107. The third kappa shape index (κ3) is 7.88. The van der Waals surface area contributed by atoms with Gasteiger partial charge in [0.1, 0.15) is 23.0 Å². The summed E-state index contributed by atoms with van der Waals surface area (Å²) in [5.41, 5.74) is 4.96. The first kappa shape index (κ1) is 31.0. The molecule has 4 rings (SSSR count). The van der Waals surface area contributed by atoms with Gasteiger partial charge in [0.25, 0.3) is 0 Å². The summed E-state index contributed by atoms with van der Waals surface area (Å²) >= 11 is -0.299. The first-order valence-electron chi connectivity index (χ1n) is 13.6. The van der Waals surface area contributed by atoms with E-state index in [1.54, 1.807) is 37.3 Å². The highest BCUT2D eigenvalue weighted by molar-refractivity contribution is 5.92. The van der Waals surface area contributed by atoms with E-state index in [9.17, 15) is 9.59 Å². The Balaban J connectivity index is 1.41. The summed E-state index contributed by atoms with van der Waals surface area (Å²) in [6.45, 7) is 17.8. The Hall–Kier alpha value is -3.91. The Morgan fingerprint density at radius 2 is 1.31 bits per heavy atom. The first-order chi connectivity index (χ1) is 19.8. The van der Waals surface area contributed by atoms with Gasteiger partial charge in [0.15, 0.2) is 7.14 Å². The second kappa shape index (κ2) is 12.9. The fourth-order valence-corrected chi connectivity index (χ4v) is 6.37. The molecular weight excluding hydrogens is 639 g/mol. The van der Waals surface area contributed by atoms with Crippen LogP contribution < -0.4 is 35.4 Å². The lowest BCUT2D eigenvalue weighted by atomic mass is 9.87. The first-order valence-corrected chi connectivity index (χ1v) is 15.8. The highest BCUT2D eigenvalue weighted by Gasteiger charge is 2.21. The molecule has 6 heteroatoms. The molecule has 0 fully saturated rings. The third-order valence-electron chi connectivity index (χ3n) is 6.60. The number of benzene rings is 4. The van der Waals surface area contributed by atoms with Gasteiger partial charge in [0, 0.05) is 11.1 Å². The van der Waals surface area contributed by atoms with Crippen molar-refractivity contribution in [2.45, 2.75) is 53.9 Å². The van der Waals surface area contributed by atoms with Crippen molar-refractivity contribution in [2.24, 2.45) is 0 Å². The van der Waals surface area contributed by atoms with Crippen LogP contribution in [-0.2, 0) is 10.2 Å². The molecule has 5 nitrogen and oxygen atoms in total. The zero-order chi connectivity index (χ0) is 30.6. The van der Waals surface area contributed by atoms with Crippen LogP contribution >= 0.6 is 0 Å². The van der Waals surface area contributed by atoms with Crippen molar-refractivity contribution in [1.82, 2.24) is 0 Å². The van der Waals surface area contributed by atoms with Crippen molar-refractivity contribution in [1.29, 1.82) is 0 Å². The van der Waals surface area contributed by atoms with Crippen molar-refractivity contribution in [3.05, 3.63) is 126 Å². The normalized spacial score (nSPS) is 11.1. The topological polar surface area (TPSA) is 61.8 Å². The SMILES string of the molecule is C=C(C)C(=O)Oc1ccc(C(=O)Oc2cc(C)c(Oc3ccc([I+]c4ccc(C(C)(C)C)cc4)c(C)c3)cc2C)cc1. The number of aryl methyl sites for hydroxylation is 3. The van der Waals surface area contributed by atoms with Crippen LogP contribution in [0.15, 0.2) is 91.0 Å². The number of esters is 2. The molecular formula is C36H36IO5+. The summed E-state index contributed by atoms with van der Waals surface area (Å²) in [5, 5.41) is 0. The maximum atomic E-state index is 12.8. The van der Waals surface area contributed by atoms with E-state index in [1.165, 1.54) is 18.3 Å². The number of carbonyl (C=O) groups is 2. The zero-order valence-corrected chi connectivity index (χ0v) is 27.3. The van der Waals surface area contributed by atoms with Crippen molar-refractivity contribution < 1.29 is 45.0 Å². The Labute approximate surface area is 258 Å². The smallest absolute Gasteiger partial charge is 0.358 e. The van der Waals surface area contributed by atoms with Crippen LogP contribution in [0.2, 0.25) is 0 Å². The zero-order valence-electron chi connectivity index (χ0n) is 25.1. The van der Waals surface area contributed by atoms with Gasteiger partial charge in [0.2, 0.25) is 0 Å². The molecule has 0 aliphatic carbocycles. The largest absolute Gasteiger partial charge is 0.457 e. The second-order valence-corrected chi connectivity index (χ2v) is 14.3. The maximum absolute atomic E-state index is 12.8. The molecule has 4 aromatic rings. The summed E-state index contributed by atoms with van der Waals surface area (Å²) in [4.78, 5) is 24.5. The van der Waals surface area contributed by atoms with E-state index in [0.29, 0.717) is 28.4 Å². The molecule has 0 bridgehead atoms. The van der Waals surface area contributed by atoms with Crippen LogP contribution in [0, 0.1) is 27.9 Å². The minimum absolute atomic E-state index is 0.151. The van der Waals surface area contributed by atoms with E-state index >= 15 is 0 Å². The lowest BCUT2D eigenvalue weighted by Crippen LogP contribution is -3.61. The van der Waals surface area contributed by atoms with E-state index in [-0.39, 0.29) is 26.6 Å². The molecule has 0 aromatic heterocycles. The van der Waals surface area contributed by atoms with Gasteiger partial charge in [-0.2, -0.15) is 0 Å². The molecule has 4 aromatic carbocycles. The van der Waals surface area contributed by atoms with Crippen molar-refractivity contribution >= 4 is 11.9 Å². The number of halogens is 1. The summed E-state index contributed by atoms with van der Waals surface area (Å²) in [5.74, 6) is 1.22. The summed E-state index contributed by atoms with van der Waals surface area (Å²) in [7, 11) is 0. The molecule has 0 saturated carbocycles. The Bertz CT molecular complexity index is 1630. The Morgan fingerprint density at radius 3 is 1.90 bits per heavy atom.